The van der Waals surface area contributed by atoms with E-state index in [4.69, 9.17) is 5.11 Å². The van der Waals surface area contributed by atoms with Gasteiger partial charge in [-0.1, -0.05) is 0 Å². The molecule has 1 heterocycles. The van der Waals surface area contributed by atoms with Crippen LogP contribution in [0.2, 0.25) is 0 Å². The Morgan fingerprint density at radius 2 is 1.62 bits per heavy atom. The number of carbonyl (C=O) groups excluding carboxylic acids is 2. The van der Waals surface area contributed by atoms with Gasteiger partial charge in [0, 0.05) is 26.1 Å². The van der Waals surface area contributed by atoms with Gasteiger partial charge < -0.3 is 15.3 Å². The molecule has 2 N–H and O–H groups in total. The van der Waals surface area contributed by atoms with Gasteiger partial charge in [-0.05, 0) is 38.5 Å². The number of carboxylic acids is 1. The zero-order valence-electron chi connectivity index (χ0n) is 12.5. The molecule has 2 amide bonds. The van der Waals surface area contributed by atoms with E-state index in [0.29, 0.717) is 38.8 Å². The molecule has 0 aromatic rings. The van der Waals surface area contributed by atoms with Crippen LogP contribution in [0.15, 0.2) is 0 Å². The van der Waals surface area contributed by atoms with Gasteiger partial charge in [0.1, 0.15) is 0 Å². The highest BCUT2D eigenvalue weighted by Crippen LogP contribution is 2.31. The molecule has 1 saturated carbocycles. The molecule has 2 rings (SSSR count). The second-order valence-electron chi connectivity index (χ2n) is 6.12. The summed E-state index contributed by atoms with van der Waals surface area (Å²) in [7, 11) is 1.62. The summed E-state index contributed by atoms with van der Waals surface area (Å²) in [5.74, 6) is -1.12. The molecule has 0 bridgehead atoms. The van der Waals surface area contributed by atoms with Crippen molar-refractivity contribution in [3.05, 3.63) is 0 Å². The van der Waals surface area contributed by atoms with Crippen LogP contribution in [0.25, 0.3) is 0 Å². The predicted molar refractivity (Wildman–Crippen MR) is 76.5 cm³/mol. The van der Waals surface area contributed by atoms with Crippen molar-refractivity contribution in [1.29, 1.82) is 0 Å². The van der Waals surface area contributed by atoms with Gasteiger partial charge in [-0.25, -0.2) is 0 Å². The van der Waals surface area contributed by atoms with Crippen LogP contribution in [0.4, 0.5) is 0 Å². The Labute approximate surface area is 124 Å². The lowest BCUT2D eigenvalue weighted by Gasteiger charge is -2.35. The smallest absolute Gasteiger partial charge is 0.306 e. The van der Waals surface area contributed by atoms with E-state index in [1.165, 1.54) is 0 Å². The van der Waals surface area contributed by atoms with Crippen LogP contribution in [0, 0.1) is 17.8 Å². The highest BCUT2D eigenvalue weighted by Gasteiger charge is 2.34. The van der Waals surface area contributed by atoms with Crippen LogP contribution < -0.4 is 5.32 Å². The van der Waals surface area contributed by atoms with Crippen LogP contribution in [0.3, 0.4) is 0 Å². The van der Waals surface area contributed by atoms with E-state index in [9.17, 15) is 14.4 Å². The number of carboxylic acid groups (broad SMARTS) is 1. The van der Waals surface area contributed by atoms with Gasteiger partial charge in [0.05, 0.1) is 11.8 Å². The number of piperidine rings is 1. The summed E-state index contributed by atoms with van der Waals surface area (Å²) >= 11 is 0. The molecule has 0 aromatic carbocycles. The molecule has 21 heavy (non-hydrogen) atoms. The minimum atomic E-state index is -0.751. The Hall–Kier alpha value is -1.59. The average Bonchev–Trinajstić information content (AvgIpc) is 2.53. The molecule has 2 aliphatic rings. The summed E-state index contributed by atoms with van der Waals surface area (Å²) in [4.78, 5) is 37.0. The van der Waals surface area contributed by atoms with E-state index in [-0.39, 0.29) is 29.6 Å². The normalized spacial score (nSPS) is 29.8. The summed E-state index contributed by atoms with van der Waals surface area (Å²) in [6.07, 6.45) is 4.15. The number of nitrogens with one attached hydrogen (secondary N) is 1. The first-order chi connectivity index (χ1) is 10.0. The monoisotopic (exact) mass is 296 g/mol. The van der Waals surface area contributed by atoms with E-state index in [0.717, 1.165) is 12.8 Å². The lowest BCUT2D eigenvalue weighted by molar-refractivity contribution is -0.146. The number of hydrogen-bond donors (Lipinski definition) is 2. The first-order valence-corrected chi connectivity index (χ1v) is 7.76. The van der Waals surface area contributed by atoms with Crippen molar-refractivity contribution in [3.8, 4) is 0 Å². The fourth-order valence-electron chi connectivity index (χ4n) is 3.44. The van der Waals surface area contributed by atoms with Gasteiger partial charge in [-0.15, -0.1) is 0 Å². The predicted octanol–water partition coefficient (Wildman–Crippen LogP) is 0.862. The third kappa shape index (κ3) is 3.74. The first-order valence-electron chi connectivity index (χ1n) is 7.76. The van der Waals surface area contributed by atoms with E-state index in [1.54, 1.807) is 11.9 Å². The molecule has 1 saturated heterocycles. The molecule has 0 radical (unpaired) electrons. The number of hydrogen-bond acceptors (Lipinski definition) is 3. The number of likely N-dealkylation sites (tertiary alicyclic amines) is 1. The summed E-state index contributed by atoms with van der Waals surface area (Å²) in [5.41, 5.74) is 0. The fraction of sp³-hybridized carbons (Fsp3) is 0.800. The Balaban J connectivity index is 1.88. The first kappa shape index (κ1) is 15.8. The molecule has 0 spiro atoms. The number of amides is 2. The van der Waals surface area contributed by atoms with Gasteiger partial charge in [0.15, 0.2) is 0 Å². The quantitative estimate of drug-likeness (QED) is 0.809. The summed E-state index contributed by atoms with van der Waals surface area (Å²) in [5, 5.41) is 11.6. The van der Waals surface area contributed by atoms with E-state index >= 15 is 0 Å². The van der Waals surface area contributed by atoms with Gasteiger partial charge in [-0.3, -0.25) is 14.4 Å². The van der Waals surface area contributed by atoms with Gasteiger partial charge in [0.2, 0.25) is 11.8 Å². The highest BCUT2D eigenvalue weighted by molar-refractivity contribution is 5.82. The lowest BCUT2D eigenvalue weighted by Crippen LogP contribution is -2.47. The molecule has 6 heteroatoms. The summed E-state index contributed by atoms with van der Waals surface area (Å²) < 4.78 is 0. The maximum absolute atomic E-state index is 12.5. The van der Waals surface area contributed by atoms with Crippen molar-refractivity contribution in [2.75, 3.05) is 20.1 Å². The van der Waals surface area contributed by atoms with Crippen LogP contribution in [0.1, 0.15) is 38.5 Å². The number of rotatable bonds is 3. The van der Waals surface area contributed by atoms with Crippen molar-refractivity contribution in [2.24, 2.45) is 17.8 Å². The van der Waals surface area contributed by atoms with Crippen LogP contribution in [0.5, 0.6) is 0 Å². The summed E-state index contributed by atoms with van der Waals surface area (Å²) in [6, 6.07) is 0. The minimum absolute atomic E-state index is 0.00193. The Morgan fingerprint density at radius 1 is 1.00 bits per heavy atom. The highest BCUT2D eigenvalue weighted by atomic mass is 16.4. The molecule has 1 aliphatic heterocycles. The molecule has 1 unspecified atom stereocenters. The second-order valence-corrected chi connectivity index (χ2v) is 6.12. The molecule has 1 aliphatic carbocycles. The molecule has 6 nitrogen and oxygen atoms in total. The van der Waals surface area contributed by atoms with Gasteiger partial charge in [0.25, 0.3) is 0 Å². The fourth-order valence-corrected chi connectivity index (χ4v) is 3.44. The molecule has 2 fully saturated rings. The standard InChI is InChI=1S/C15H24N2O4/c1-16-13(18)12-3-2-8-17(9-12)14(19)10-4-6-11(7-5-10)15(20)21/h10-12H,2-9H2,1H3,(H,16,18)(H,20,21). The van der Waals surface area contributed by atoms with Crippen LogP contribution in [-0.4, -0.2) is 47.9 Å². The molecule has 0 aromatic heterocycles. The van der Waals surface area contributed by atoms with Crippen molar-refractivity contribution >= 4 is 17.8 Å². The lowest BCUT2D eigenvalue weighted by atomic mass is 9.81. The molecule has 118 valence electrons. The SMILES string of the molecule is CNC(=O)C1CCCN(C(=O)C2CCC(C(=O)O)CC2)C1. The van der Waals surface area contributed by atoms with Gasteiger partial charge >= 0.3 is 5.97 Å². The number of aliphatic carboxylic acids is 1. The van der Waals surface area contributed by atoms with Crippen molar-refractivity contribution in [2.45, 2.75) is 38.5 Å². The molecular weight excluding hydrogens is 272 g/mol. The zero-order valence-corrected chi connectivity index (χ0v) is 12.5. The van der Waals surface area contributed by atoms with Crippen LogP contribution >= 0.6 is 0 Å². The average molecular weight is 296 g/mol. The maximum atomic E-state index is 12.5. The van der Waals surface area contributed by atoms with Crippen molar-refractivity contribution in [1.82, 2.24) is 10.2 Å². The second kappa shape index (κ2) is 6.91. The summed E-state index contributed by atoms with van der Waals surface area (Å²) in [6.45, 7) is 1.21. The molecular formula is C15H24N2O4. The third-order valence-electron chi connectivity index (χ3n) is 4.78. The third-order valence-corrected chi connectivity index (χ3v) is 4.78. The number of carbonyl (C=O) groups is 3. The number of nitrogens with zero attached hydrogens (tertiary/aromatic N) is 1. The Bertz CT molecular complexity index is 416. The molecule has 1 atom stereocenters. The van der Waals surface area contributed by atoms with Crippen molar-refractivity contribution in [3.63, 3.8) is 0 Å². The van der Waals surface area contributed by atoms with Crippen LogP contribution in [-0.2, 0) is 14.4 Å². The topological polar surface area (TPSA) is 86.7 Å². The zero-order chi connectivity index (χ0) is 15.4. The minimum Gasteiger partial charge on any atom is -0.481 e. The van der Waals surface area contributed by atoms with Gasteiger partial charge in [-0.2, -0.15) is 0 Å². The Morgan fingerprint density at radius 3 is 2.19 bits per heavy atom. The van der Waals surface area contributed by atoms with E-state index in [2.05, 4.69) is 5.32 Å². The van der Waals surface area contributed by atoms with Crippen molar-refractivity contribution < 1.29 is 19.5 Å². The van der Waals surface area contributed by atoms with E-state index in [1.807, 2.05) is 0 Å². The van der Waals surface area contributed by atoms with E-state index < -0.39 is 5.97 Å². The maximum Gasteiger partial charge on any atom is 0.306 e. The largest absolute Gasteiger partial charge is 0.481 e. The Kier molecular flexibility index (Phi) is 5.20.